The van der Waals surface area contributed by atoms with Crippen molar-refractivity contribution in [1.29, 1.82) is 0 Å². The minimum absolute atomic E-state index is 0.263. The van der Waals surface area contributed by atoms with Crippen LogP contribution in [-0.2, 0) is 0 Å². The van der Waals surface area contributed by atoms with E-state index in [0.717, 1.165) is 25.1 Å². The lowest BCUT2D eigenvalue weighted by atomic mass is 10.2. The first kappa shape index (κ1) is 10.3. The van der Waals surface area contributed by atoms with Crippen LogP contribution in [0.4, 0.5) is 4.39 Å². The van der Waals surface area contributed by atoms with E-state index in [-0.39, 0.29) is 11.9 Å². The number of hydrogen-bond acceptors (Lipinski definition) is 4. The Morgan fingerprint density at radius 2 is 2.12 bits per heavy atom. The van der Waals surface area contributed by atoms with Gasteiger partial charge in [0.2, 0.25) is 5.82 Å². The van der Waals surface area contributed by atoms with Gasteiger partial charge in [-0.15, -0.1) is 10.2 Å². The van der Waals surface area contributed by atoms with Crippen LogP contribution in [0.3, 0.4) is 0 Å². The average Bonchev–Trinajstić information content (AvgIpc) is 3.00. The van der Waals surface area contributed by atoms with E-state index in [1.54, 1.807) is 16.9 Å². The first-order valence-electron chi connectivity index (χ1n) is 5.59. The van der Waals surface area contributed by atoms with Crippen molar-refractivity contribution in [3.63, 3.8) is 0 Å². The second kappa shape index (κ2) is 4.21. The highest BCUT2D eigenvalue weighted by Gasteiger charge is 2.19. The van der Waals surface area contributed by atoms with E-state index in [1.165, 1.54) is 12.1 Å². The Morgan fingerprint density at radius 3 is 2.82 bits per heavy atom. The Kier molecular flexibility index (Phi) is 2.56. The van der Waals surface area contributed by atoms with Crippen molar-refractivity contribution in [1.82, 2.24) is 25.5 Å². The molecule has 17 heavy (non-hydrogen) atoms. The lowest BCUT2D eigenvalue weighted by Gasteiger charge is -2.04. The molecule has 0 saturated carbocycles. The Hall–Kier alpha value is -1.82. The summed E-state index contributed by atoms with van der Waals surface area (Å²) in [6.07, 6.45) is 1.01. The smallest absolute Gasteiger partial charge is 0.204 e. The fourth-order valence-corrected chi connectivity index (χ4v) is 1.93. The largest absolute Gasteiger partial charge is 0.314 e. The van der Waals surface area contributed by atoms with E-state index < -0.39 is 0 Å². The van der Waals surface area contributed by atoms with Gasteiger partial charge in [0.05, 0.1) is 6.04 Å². The fraction of sp³-hybridized carbons (Fsp3) is 0.364. The molecule has 3 rings (SSSR count). The predicted octanol–water partition coefficient (Wildman–Crippen LogP) is 1.01. The summed E-state index contributed by atoms with van der Waals surface area (Å²) in [6, 6.07) is 6.38. The van der Waals surface area contributed by atoms with Crippen LogP contribution in [0.1, 0.15) is 12.5 Å². The molecule has 0 spiro atoms. The number of nitrogens with one attached hydrogen (secondary N) is 1. The van der Waals surface area contributed by atoms with Gasteiger partial charge in [-0.05, 0) is 42.4 Å². The summed E-state index contributed by atoms with van der Waals surface area (Å²) >= 11 is 0. The van der Waals surface area contributed by atoms with Crippen molar-refractivity contribution >= 4 is 0 Å². The van der Waals surface area contributed by atoms with Crippen LogP contribution in [0, 0.1) is 5.82 Å². The van der Waals surface area contributed by atoms with E-state index >= 15 is 0 Å². The molecule has 0 radical (unpaired) electrons. The van der Waals surface area contributed by atoms with Gasteiger partial charge in [0.15, 0.2) is 0 Å². The maximum Gasteiger partial charge on any atom is 0.204 e. The zero-order valence-electron chi connectivity index (χ0n) is 9.17. The molecule has 0 amide bonds. The first-order valence-corrected chi connectivity index (χ1v) is 5.59. The molecular formula is C11H12FN5. The summed E-state index contributed by atoms with van der Waals surface area (Å²) < 4.78 is 12.8. The minimum Gasteiger partial charge on any atom is -0.314 e. The van der Waals surface area contributed by atoms with Crippen LogP contribution in [0.5, 0.6) is 0 Å². The molecule has 1 aromatic carbocycles. The summed E-state index contributed by atoms with van der Waals surface area (Å²) in [6.45, 7) is 1.86. The van der Waals surface area contributed by atoms with Gasteiger partial charge in [0.25, 0.3) is 0 Å². The zero-order chi connectivity index (χ0) is 11.7. The molecule has 1 atom stereocenters. The molecule has 0 aliphatic carbocycles. The standard InChI is InChI=1S/C11H12FN5/c12-9-3-1-8(2-4-9)11-14-16-17(15-11)10-5-6-13-7-10/h1-4,10,13H,5-7H2. The predicted molar refractivity (Wildman–Crippen MR) is 59.7 cm³/mol. The molecule has 1 aliphatic heterocycles. The summed E-state index contributed by atoms with van der Waals surface area (Å²) in [5, 5.41) is 15.6. The third kappa shape index (κ3) is 2.03. The highest BCUT2D eigenvalue weighted by atomic mass is 19.1. The van der Waals surface area contributed by atoms with Crippen LogP contribution in [0.15, 0.2) is 24.3 Å². The number of halogens is 1. The van der Waals surface area contributed by atoms with Gasteiger partial charge >= 0.3 is 0 Å². The van der Waals surface area contributed by atoms with Gasteiger partial charge in [0, 0.05) is 12.1 Å². The van der Waals surface area contributed by atoms with Crippen molar-refractivity contribution in [3.05, 3.63) is 30.1 Å². The van der Waals surface area contributed by atoms with Crippen molar-refractivity contribution < 1.29 is 4.39 Å². The normalized spacial score (nSPS) is 19.7. The Balaban J connectivity index is 1.86. The molecule has 1 saturated heterocycles. The molecule has 2 aromatic rings. The number of nitrogens with zero attached hydrogens (tertiary/aromatic N) is 4. The van der Waals surface area contributed by atoms with Crippen molar-refractivity contribution in [2.24, 2.45) is 0 Å². The molecule has 0 bridgehead atoms. The number of rotatable bonds is 2. The van der Waals surface area contributed by atoms with Crippen LogP contribution in [0.2, 0.25) is 0 Å². The number of aromatic nitrogens is 4. The minimum atomic E-state index is -0.263. The monoisotopic (exact) mass is 233 g/mol. The first-order chi connectivity index (χ1) is 8.33. The second-order valence-corrected chi connectivity index (χ2v) is 4.09. The van der Waals surface area contributed by atoms with Crippen LogP contribution < -0.4 is 5.32 Å². The molecule has 6 heteroatoms. The Morgan fingerprint density at radius 1 is 1.29 bits per heavy atom. The maximum absolute atomic E-state index is 12.8. The molecule has 88 valence electrons. The molecule has 1 unspecified atom stereocenters. The van der Waals surface area contributed by atoms with Gasteiger partial charge in [-0.2, -0.15) is 4.80 Å². The van der Waals surface area contributed by atoms with Crippen molar-refractivity contribution in [3.8, 4) is 11.4 Å². The third-order valence-corrected chi connectivity index (χ3v) is 2.89. The van der Waals surface area contributed by atoms with Crippen LogP contribution in [0.25, 0.3) is 11.4 Å². The summed E-state index contributed by atoms with van der Waals surface area (Å²) in [5.74, 6) is 0.276. The fourth-order valence-electron chi connectivity index (χ4n) is 1.93. The average molecular weight is 233 g/mol. The molecule has 1 aliphatic rings. The zero-order valence-corrected chi connectivity index (χ0v) is 9.17. The molecule has 5 nitrogen and oxygen atoms in total. The van der Waals surface area contributed by atoms with Crippen molar-refractivity contribution in [2.75, 3.05) is 13.1 Å². The van der Waals surface area contributed by atoms with E-state index in [0.29, 0.717) is 5.82 Å². The lowest BCUT2D eigenvalue weighted by molar-refractivity contribution is 0.424. The number of benzene rings is 1. The topological polar surface area (TPSA) is 55.6 Å². The number of tetrazole rings is 1. The molecular weight excluding hydrogens is 221 g/mol. The quantitative estimate of drug-likeness (QED) is 0.841. The van der Waals surface area contributed by atoms with Gasteiger partial charge < -0.3 is 5.32 Å². The van der Waals surface area contributed by atoms with Crippen LogP contribution in [-0.4, -0.2) is 33.3 Å². The Labute approximate surface area is 97.6 Å². The van der Waals surface area contributed by atoms with Gasteiger partial charge in [0.1, 0.15) is 5.82 Å². The summed E-state index contributed by atoms with van der Waals surface area (Å²) in [4.78, 5) is 1.64. The van der Waals surface area contributed by atoms with Gasteiger partial charge in [-0.3, -0.25) is 0 Å². The SMILES string of the molecule is Fc1ccc(-c2nnn(C3CCNC3)n2)cc1. The molecule has 1 N–H and O–H groups in total. The van der Waals surface area contributed by atoms with E-state index in [9.17, 15) is 4.39 Å². The van der Waals surface area contributed by atoms with E-state index in [2.05, 4.69) is 20.7 Å². The third-order valence-electron chi connectivity index (χ3n) is 2.89. The summed E-state index contributed by atoms with van der Waals surface area (Å²) in [5.41, 5.74) is 0.781. The van der Waals surface area contributed by atoms with Gasteiger partial charge in [-0.1, -0.05) is 0 Å². The van der Waals surface area contributed by atoms with Crippen molar-refractivity contribution in [2.45, 2.75) is 12.5 Å². The van der Waals surface area contributed by atoms with E-state index in [1.807, 2.05) is 0 Å². The van der Waals surface area contributed by atoms with E-state index in [4.69, 9.17) is 0 Å². The lowest BCUT2D eigenvalue weighted by Crippen LogP contribution is -2.15. The second-order valence-electron chi connectivity index (χ2n) is 4.09. The van der Waals surface area contributed by atoms with Crippen LogP contribution >= 0.6 is 0 Å². The molecule has 1 fully saturated rings. The number of hydrogen-bond donors (Lipinski definition) is 1. The highest BCUT2D eigenvalue weighted by molar-refractivity contribution is 5.53. The summed E-state index contributed by atoms with van der Waals surface area (Å²) in [7, 11) is 0. The molecule has 2 heterocycles. The highest BCUT2D eigenvalue weighted by Crippen LogP contribution is 2.17. The molecule has 1 aromatic heterocycles. The van der Waals surface area contributed by atoms with Gasteiger partial charge in [-0.25, -0.2) is 4.39 Å². The Bertz CT molecular complexity index is 501. The maximum atomic E-state index is 12.8.